The molecule has 0 heterocycles. The lowest BCUT2D eigenvalue weighted by Gasteiger charge is -2.38. The predicted molar refractivity (Wildman–Crippen MR) is 111 cm³/mol. The van der Waals surface area contributed by atoms with Crippen molar-refractivity contribution in [3.63, 3.8) is 0 Å². The summed E-state index contributed by atoms with van der Waals surface area (Å²) in [5.41, 5.74) is 0. The highest BCUT2D eigenvalue weighted by molar-refractivity contribution is 6.59. The van der Waals surface area contributed by atoms with E-state index in [-0.39, 0.29) is 18.4 Å². The molecular weight excluding hydrogens is 339 g/mol. The van der Waals surface area contributed by atoms with Crippen LogP contribution in [0.15, 0.2) is 0 Å². The Morgan fingerprint density at radius 3 is 2.04 bits per heavy atom. The first-order valence-electron chi connectivity index (χ1n) is 9.80. The fourth-order valence-corrected chi connectivity index (χ4v) is 2.52. The molecule has 0 rings (SSSR count). The molecule has 0 bridgehead atoms. The second-order valence-electron chi connectivity index (χ2n) is 7.13. The highest BCUT2D eigenvalue weighted by Crippen LogP contribution is 2.10. The molecule has 0 atom stereocenters. The minimum Gasteiger partial charge on any atom is -0.462 e. The van der Waals surface area contributed by atoms with E-state index >= 15 is 0 Å². The fraction of sp³-hybridized carbons (Fsp3) is 0.833. The molecule has 6 nitrogen and oxygen atoms in total. The summed E-state index contributed by atoms with van der Waals surface area (Å²) < 4.78 is 5.00. The van der Waals surface area contributed by atoms with Crippen molar-refractivity contribution < 1.29 is 14.3 Å². The zero-order chi connectivity index (χ0) is 20.9. The molecule has 0 saturated heterocycles. The third-order valence-electron chi connectivity index (χ3n) is 3.91. The number of guanidine groups is 1. The van der Waals surface area contributed by atoms with Crippen molar-refractivity contribution in [1.82, 2.24) is 10.2 Å². The quantitative estimate of drug-likeness (QED) is 0.171. The average molecular weight is 371 g/mol. The third kappa shape index (κ3) is 13.4. The van der Waals surface area contributed by atoms with Crippen molar-refractivity contribution in [2.24, 2.45) is 0 Å². The molecule has 0 saturated carbocycles. The number of carbonyl (C=O) groups is 2. The van der Waals surface area contributed by atoms with Gasteiger partial charge < -0.3 is 9.64 Å². The molecule has 0 spiro atoms. The Morgan fingerprint density at radius 1 is 1.04 bits per heavy atom. The minimum absolute atomic E-state index is 0.286. The summed E-state index contributed by atoms with van der Waals surface area (Å²) in [5, 5.41) is 8.38. The summed E-state index contributed by atoms with van der Waals surface area (Å²) in [6, 6.07) is 0. The van der Waals surface area contributed by atoms with Gasteiger partial charge in [-0.25, -0.2) is 0 Å². The lowest BCUT2D eigenvalue weighted by molar-refractivity contribution is -0.148. The number of carbonyl (C=O) groups excluding carboxylic acids is 2. The smallest absolute Gasteiger partial charge is 0.325 e. The highest BCUT2D eigenvalue weighted by atomic mass is 16.5. The SMILES string of the molecule is [B]C([B])([B])N(CC(=O)OC(C)C)C(=N)NC(=O)CCCCCCCCCC. The molecule has 0 aliphatic rings. The number of amides is 1. The van der Waals surface area contributed by atoms with Crippen LogP contribution in [0, 0.1) is 5.41 Å². The van der Waals surface area contributed by atoms with Crippen molar-refractivity contribution in [3.8, 4) is 0 Å². The van der Waals surface area contributed by atoms with Gasteiger partial charge in [-0.05, 0) is 20.3 Å². The van der Waals surface area contributed by atoms with E-state index < -0.39 is 23.7 Å². The number of esters is 1. The van der Waals surface area contributed by atoms with Gasteiger partial charge in [-0.3, -0.25) is 20.3 Å². The van der Waals surface area contributed by atoms with E-state index in [0.29, 0.717) is 0 Å². The van der Waals surface area contributed by atoms with E-state index in [1.807, 2.05) is 0 Å². The Morgan fingerprint density at radius 2 is 1.56 bits per heavy atom. The molecule has 1 amide bonds. The number of nitrogens with one attached hydrogen (secondary N) is 2. The maximum Gasteiger partial charge on any atom is 0.325 e. The Bertz CT molecular complexity index is 469. The molecule has 6 radical (unpaired) electrons. The molecule has 0 aromatic heterocycles. The molecule has 0 aliphatic carbocycles. The van der Waals surface area contributed by atoms with Gasteiger partial charge in [-0.2, -0.15) is 0 Å². The van der Waals surface area contributed by atoms with Crippen LogP contribution in [-0.2, 0) is 14.3 Å². The Hall–Kier alpha value is -1.40. The van der Waals surface area contributed by atoms with E-state index in [9.17, 15) is 9.59 Å². The molecule has 27 heavy (non-hydrogen) atoms. The first kappa shape index (κ1) is 25.6. The van der Waals surface area contributed by atoms with Crippen LogP contribution >= 0.6 is 0 Å². The van der Waals surface area contributed by atoms with Crippen LogP contribution in [0.5, 0.6) is 0 Å². The van der Waals surface area contributed by atoms with Crippen LogP contribution in [0.3, 0.4) is 0 Å². The minimum atomic E-state index is -1.97. The van der Waals surface area contributed by atoms with Crippen LogP contribution in [0.1, 0.15) is 78.6 Å². The van der Waals surface area contributed by atoms with Crippen LogP contribution in [0.4, 0.5) is 0 Å². The van der Waals surface area contributed by atoms with E-state index in [0.717, 1.165) is 24.2 Å². The van der Waals surface area contributed by atoms with Gasteiger partial charge in [0.25, 0.3) is 0 Å². The van der Waals surface area contributed by atoms with Gasteiger partial charge in [0.1, 0.15) is 6.54 Å². The van der Waals surface area contributed by atoms with Crippen molar-refractivity contribution >= 4 is 41.4 Å². The fourth-order valence-electron chi connectivity index (χ4n) is 2.52. The zero-order valence-electron chi connectivity index (χ0n) is 17.1. The third-order valence-corrected chi connectivity index (χ3v) is 3.91. The van der Waals surface area contributed by atoms with Crippen LogP contribution in [0.2, 0.25) is 0 Å². The Labute approximate surface area is 168 Å². The number of nitrogens with zero attached hydrogens (tertiary/aromatic N) is 1. The Balaban J connectivity index is 4.26. The summed E-state index contributed by atoms with van der Waals surface area (Å²) in [7, 11) is 16.8. The van der Waals surface area contributed by atoms with Crippen LogP contribution < -0.4 is 5.32 Å². The number of ether oxygens (including phenoxy) is 1. The normalized spacial score (nSPS) is 11.3. The lowest BCUT2D eigenvalue weighted by atomic mass is 9.48. The summed E-state index contributed by atoms with van der Waals surface area (Å²) >= 11 is 0. The molecule has 0 fully saturated rings. The van der Waals surface area contributed by atoms with Gasteiger partial charge in [-0.15, -0.1) is 0 Å². The van der Waals surface area contributed by atoms with E-state index in [4.69, 9.17) is 33.7 Å². The molecule has 0 aromatic rings. The number of hydrogen-bond donors (Lipinski definition) is 2. The monoisotopic (exact) mass is 371 g/mol. The van der Waals surface area contributed by atoms with Gasteiger partial charge in [0.2, 0.25) is 5.91 Å². The topological polar surface area (TPSA) is 82.5 Å². The van der Waals surface area contributed by atoms with Crippen molar-refractivity contribution in [2.75, 3.05) is 6.54 Å². The van der Waals surface area contributed by atoms with Gasteiger partial charge in [-0.1, -0.05) is 57.1 Å². The number of unbranched alkanes of at least 4 members (excludes halogenated alkanes) is 7. The maximum absolute atomic E-state index is 12.0. The molecule has 0 aliphatic heterocycles. The average Bonchev–Trinajstić information content (AvgIpc) is 2.53. The molecule has 2 N–H and O–H groups in total. The summed E-state index contributed by atoms with van der Waals surface area (Å²) in [4.78, 5) is 24.7. The van der Waals surface area contributed by atoms with Crippen molar-refractivity contribution in [1.29, 1.82) is 5.41 Å². The first-order valence-corrected chi connectivity index (χ1v) is 9.80. The van der Waals surface area contributed by atoms with E-state index in [1.54, 1.807) is 13.8 Å². The molecular formula is C18H32B3N3O3. The summed E-state index contributed by atoms with van der Waals surface area (Å²) in [5.74, 6) is -1.40. The van der Waals surface area contributed by atoms with E-state index in [2.05, 4.69) is 12.2 Å². The zero-order valence-corrected chi connectivity index (χ0v) is 17.1. The second-order valence-corrected chi connectivity index (χ2v) is 7.13. The predicted octanol–water partition coefficient (Wildman–Crippen LogP) is 1.94. The highest BCUT2D eigenvalue weighted by Gasteiger charge is 2.26. The van der Waals surface area contributed by atoms with Gasteiger partial charge in [0.05, 0.1) is 29.6 Å². The second kappa shape index (κ2) is 13.7. The maximum atomic E-state index is 12.0. The molecule has 146 valence electrons. The van der Waals surface area contributed by atoms with Gasteiger partial charge in [0, 0.05) is 6.42 Å². The lowest BCUT2D eigenvalue weighted by Crippen LogP contribution is -2.59. The molecule has 0 unspecified atom stereocenters. The largest absolute Gasteiger partial charge is 0.462 e. The standard InChI is InChI=1S/C18H32B3N3O3/c1-4-5-6-7-8-9-10-11-12-15(25)23-17(22)24(18(19,20)21)13-16(26)27-14(2)3/h14H,4-13H2,1-3H3,(H2,22,23,25). The van der Waals surface area contributed by atoms with Crippen molar-refractivity contribution in [3.05, 3.63) is 0 Å². The number of rotatable bonds is 13. The van der Waals surface area contributed by atoms with Crippen LogP contribution in [0.25, 0.3) is 0 Å². The number of hydrogen-bond acceptors (Lipinski definition) is 4. The summed E-state index contributed by atoms with van der Waals surface area (Å²) in [6.45, 7) is 5.15. The molecule has 0 aromatic carbocycles. The van der Waals surface area contributed by atoms with Gasteiger partial charge in [0.15, 0.2) is 5.96 Å². The summed E-state index contributed by atoms with van der Waals surface area (Å²) in [6.07, 6.45) is 8.94. The first-order chi connectivity index (χ1) is 12.6. The van der Waals surface area contributed by atoms with E-state index in [1.165, 1.54) is 32.1 Å². The van der Waals surface area contributed by atoms with Crippen molar-refractivity contribution in [2.45, 2.75) is 89.9 Å². The molecule has 9 heteroatoms. The Kier molecular flexibility index (Phi) is 13.0. The van der Waals surface area contributed by atoms with Gasteiger partial charge >= 0.3 is 5.97 Å². The van der Waals surface area contributed by atoms with Crippen LogP contribution in [-0.4, -0.2) is 64.2 Å².